The van der Waals surface area contributed by atoms with Crippen LogP contribution in [-0.2, 0) is 32.3 Å². The summed E-state index contributed by atoms with van der Waals surface area (Å²) in [6.07, 6.45) is 2.59. The molecule has 0 aliphatic heterocycles. The quantitative estimate of drug-likeness (QED) is 0.124. The smallest absolute Gasteiger partial charge is 0.462 e. The largest absolute Gasteiger partial charge is 0.500 e. The van der Waals surface area contributed by atoms with Crippen molar-refractivity contribution in [1.29, 1.82) is 0 Å². The molecule has 0 spiro atoms. The van der Waals surface area contributed by atoms with E-state index < -0.39 is 21.0 Å². The molecule has 1 saturated carbocycles. The molecule has 2 atom stereocenters. The summed E-state index contributed by atoms with van der Waals surface area (Å²) < 4.78 is 31.2. The van der Waals surface area contributed by atoms with Gasteiger partial charge in [-0.3, -0.25) is 4.79 Å². The van der Waals surface area contributed by atoms with Gasteiger partial charge in [-0.1, -0.05) is 20.8 Å². The van der Waals surface area contributed by atoms with Crippen LogP contribution in [0.25, 0.3) is 0 Å². The number of carbonyl (C=O) groups is 3. The molecule has 0 aromatic carbocycles. The van der Waals surface area contributed by atoms with E-state index in [1.807, 2.05) is 0 Å². The van der Waals surface area contributed by atoms with Crippen LogP contribution in [0.1, 0.15) is 52.9 Å². The fourth-order valence-electron chi connectivity index (χ4n) is 5.00. The van der Waals surface area contributed by atoms with Gasteiger partial charge in [-0.05, 0) is 42.3 Å². The molecule has 0 heterocycles. The molecular weight excluding hydrogens is 520 g/mol. The van der Waals surface area contributed by atoms with Crippen molar-refractivity contribution in [2.75, 3.05) is 59.7 Å². The standard InChI is InChI=1S/C24H46N2O9SSi/c1-23(2)15-19(26-22(29)30-4)16-24(3,17-23)18-25-21(28)35-11-10-34-20(27)9-13-36-12-8-14-37(31-5,32-6)33-7/h19H,8-18H2,1-7H3,(H,25,28)(H,26,29). The van der Waals surface area contributed by atoms with Gasteiger partial charge < -0.3 is 38.1 Å². The van der Waals surface area contributed by atoms with Crippen LogP contribution in [0.15, 0.2) is 0 Å². The van der Waals surface area contributed by atoms with Crippen molar-refractivity contribution in [3.05, 3.63) is 0 Å². The van der Waals surface area contributed by atoms with Gasteiger partial charge in [0.25, 0.3) is 0 Å². The van der Waals surface area contributed by atoms with Gasteiger partial charge in [0.05, 0.1) is 13.5 Å². The van der Waals surface area contributed by atoms with Crippen LogP contribution in [0.3, 0.4) is 0 Å². The lowest BCUT2D eigenvalue weighted by atomic mass is 9.62. The highest BCUT2D eigenvalue weighted by molar-refractivity contribution is 7.99. The molecule has 0 radical (unpaired) electrons. The summed E-state index contributed by atoms with van der Waals surface area (Å²) >= 11 is 1.65. The molecule has 216 valence electrons. The summed E-state index contributed by atoms with van der Waals surface area (Å²) in [7, 11) is 3.58. The molecule has 2 unspecified atom stereocenters. The van der Waals surface area contributed by atoms with E-state index in [1.165, 1.54) is 7.11 Å². The fraction of sp³-hybridized carbons (Fsp3) is 0.875. The monoisotopic (exact) mass is 566 g/mol. The van der Waals surface area contributed by atoms with Crippen LogP contribution in [0, 0.1) is 10.8 Å². The molecule has 11 nitrogen and oxygen atoms in total. The van der Waals surface area contributed by atoms with Gasteiger partial charge in [0.15, 0.2) is 0 Å². The maximum Gasteiger partial charge on any atom is 0.500 e. The van der Waals surface area contributed by atoms with Crippen molar-refractivity contribution in [2.24, 2.45) is 10.8 Å². The summed E-state index contributed by atoms with van der Waals surface area (Å²) in [5.74, 6) is 1.17. The van der Waals surface area contributed by atoms with Crippen molar-refractivity contribution in [1.82, 2.24) is 10.6 Å². The van der Waals surface area contributed by atoms with Crippen molar-refractivity contribution in [3.8, 4) is 0 Å². The molecule has 0 aromatic rings. The molecule has 0 saturated heterocycles. The average Bonchev–Trinajstić information content (AvgIpc) is 2.84. The lowest BCUT2D eigenvalue weighted by molar-refractivity contribution is -0.144. The summed E-state index contributed by atoms with van der Waals surface area (Å²) in [4.78, 5) is 35.7. The molecule has 1 rings (SSSR count). The molecule has 37 heavy (non-hydrogen) atoms. The number of methoxy groups -OCH3 is 1. The first-order valence-corrected chi connectivity index (χ1v) is 15.6. The highest BCUT2D eigenvalue weighted by Crippen LogP contribution is 2.45. The maximum absolute atomic E-state index is 12.2. The van der Waals surface area contributed by atoms with Crippen molar-refractivity contribution in [3.63, 3.8) is 0 Å². The Morgan fingerprint density at radius 3 is 2.19 bits per heavy atom. The van der Waals surface area contributed by atoms with Gasteiger partial charge >= 0.3 is 27.0 Å². The van der Waals surface area contributed by atoms with Crippen molar-refractivity contribution >= 4 is 38.7 Å². The van der Waals surface area contributed by atoms with Crippen LogP contribution in [-0.4, -0.2) is 92.7 Å². The van der Waals surface area contributed by atoms with Gasteiger partial charge in [0.1, 0.15) is 13.2 Å². The summed E-state index contributed by atoms with van der Waals surface area (Å²) in [5, 5.41) is 5.70. The molecule has 2 N–H and O–H groups in total. The van der Waals surface area contributed by atoms with E-state index in [-0.39, 0.29) is 42.5 Å². The van der Waals surface area contributed by atoms with Crippen LogP contribution in [0.5, 0.6) is 0 Å². The van der Waals surface area contributed by atoms with Crippen molar-refractivity contribution in [2.45, 2.75) is 65.0 Å². The molecule has 1 aliphatic rings. The van der Waals surface area contributed by atoms with Crippen LogP contribution >= 0.6 is 11.8 Å². The normalized spacial score (nSPS) is 21.1. The molecular formula is C24H46N2O9SSi. The Bertz CT molecular complexity index is 716. The van der Waals surface area contributed by atoms with Gasteiger partial charge in [-0.25, -0.2) is 9.59 Å². The number of hydrogen-bond acceptors (Lipinski definition) is 10. The molecule has 1 aliphatic carbocycles. The first kappa shape index (κ1) is 33.5. The SMILES string of the molecule is COC(=O)NC1CC(C)(C)CC(C)(CNC(=O)OCCOC(=O)CCSCCC[Si](OC)(OC)OC)C1. The first-order valence-electron chi connectivity index (χ1n) is 12.6. The number of esters is 1. The zero-order valence-corrected chi connectivity index (χ0v) is 25.3. The van der Waals surface area contributed by atoms with Gasteiger partial charge in [0.2, 0.25) is 0 Å². The minimum absolute atomic E-state index is 0.000837. The summed E-state index contributed by atoms with van der Waals surface area (Å²) in [6.45, 7) is 6.79. The Balaban J connectivity index is 2.21. The second-order valence-electron chi connectivity index (χ2n) is 10.4. The Morgan fingerprint density at radius 1 is 0.919 bits per heavy atom. The lowest BCUT2D eigenvalue weighted by Gasteiger charge is -2.46. The van der Waals surface area contributed by atoms with Crippen LogP contribution in [0.2, 0.25) is 6.04 Å². The third-order valence-corrected chi connectivity index (χ3v) is 10.2. The second kappa shape index (κ2) is 16.4. The third kappa shape index (κ3) is 13.2. The molecule has 0 aromatic heterocycles. The average molecular weight is 567 g/mol. The number of carbonyl (C=O) groups excluding carboxylic acids is 3. The van der Waals surface area contributed by atoms with E-state index in [9.17, 15) is 14.4 Å². The maximum atomic E-state index is 12.2. The molecule has 2 amide bonds. The minimum atomic E-state index is -2.54. The number of amides is 2. The number of rotatable bonds is 16. The summed E-state index contributed by atoms with van der Waals surface area (Å²) in [5.41, 5.74) is -0.211. The molecule has 0 bridgehead atoms. The topological polar surface area (TPSA) is 131 Å². The van der Waals surface area contributed by atoms with E-state index in [2.05, 4.69) is 31.4 Å². The predicted octanol–water partition coefficient (Wildman–Crippen LogP) is 3.59. The van der Waals surface area contributed by atoms with E-state index in [4.69, 9.17) is 27.5 Å². The number of nitrogens with one attached hydrogen (secondary N) is 2. The number of alkyl carbamates (subject to hydrolysis) is 2. The number of thioether (sulfide) groups is 1. The van der Waals surface area contributed by atoms with Crippen molar-refractivity contribution < 1.29 is 41.9 Å². The number of hydrogen-bond donors (Lipinski definition) is 2. The Labute approximate surface area is 226 Å². The Kier molecular flexibility index (Phi) is 14.9. The molecule has 1 fully saturated rings. The van der Waals surface area contributed by atoms with E-state index >= 15 is 0 Å². The zero-order chi connectivity index (χ0) is 28.0. The minimum Gasteiger partial charge on any atom is -0.462 e. The van der Waals surface area contributed by atoms with Crippen LogP contribution < -0.4 is 10.6 Å². The summed E-state index contributed by atoms with van der Waals surface area (Å²) in [6, 6.07) is 0.683. The number of ether oxygens (including phenoxy) is 3. The Hall–Kier alpha value is -1.54. The van der Waals surface area contributed by atoms with E-state index in [0.717, 1.165) is 37.5 Å². The molecule has 13 heteroatoms. The Morgan fingerprint density at radius 2 is 1.57 bits per heavy atom. The highest BCUT2D eigenvalue weighted by Gasteiger charge is 2.42. The van der Waals surface area contributed by atoms with Crippen LogP contribution in [0.4, 0.5) is 9.59 Å². The second-order valence-corrected chi connectivity index (χ2v) is 14.7. The predicted molar refractivity (Wildman–Crippen MR) is 144 cm³/mol. The van der Waals surface area contributed by atoms with Gasteiger partial charge in [0, 0.05) is 45.7 Å². The third-order valence-electron chi connectivity index (χ3n) is 6.35. The zero-order valence-electron chi connectivity index (χ0n) is 23.4. The lowest BCUT2D eigenvalue weighted by Crippen LogP contribution is -2.50. The van der Waals surface area contributed by atoms with Gasteiger partial charge in [-0.15, -0.1) is 0 Å². The fourth-order valence-corrected chi connectivity index (χ4v) is 7.84. The first-order chi connectivity index (χ1) is 17.4. The van der Waals surface area contributed by atoms with Gasteiger partial charge in [-0.2, -0.15) is 11.8 Å². The van der Waals surface area contributed by atoms with E-state index in [1.54, 1.807) is 33.1 Å². The highest BCUT2D eigenvalue weighted by atomic mass is 32.2. The van der Waals surface area contributed by atoms with E-state index in [0.29, 0.717) is 12.3 Å².